The predicted octanol–water partition coefficient (Wildman–Crippen LogP) is 3.78. The van der Waals surface area contributed by atoms with Crippen LogP contribution >= 0.6 is 34.4 Å². The van der Waals surface area contributed by atoms with Gasteiger partial charge in [-0.2, -0.15) is 0 Å². The van der Waals surface area contributed by atoms with Crippen molar-refractivity contribution in [2.45, 2.75) is 16.5 Å². The van der Waals surface area contributed by atoms with Crippen LogP contribution in [-0.4, -0.2) is 21.1 Å². The predicted molar refractivity (Wildman–Crippen MR) is 90.4 cm³/mol. The first-order valence-electron chi connectivity index (χ1n) is 6.44. The minimum Gasteiger partial charge on any atom is -0.301 e. The zero-order valence-corrected chi connectivity index (χ0v) is 14.0. The number of anilines is 1. The quantitative estimate of drug-likeness (QED) is 0.711. The molecule has 1 amide bonds. The molecule has 2 aromatic heterocycles. The van der Waals surface area contributed by atoms with Crippen molar-refractivity contribution in [2.75, 3.05) is 5.32 Å². The van der Waals surface area contributed by atoms with E-state index in [4.69, 9.17) is 0 Å². The number of thioether (sulfide) groups is 1. The number of hydrogen-bond acceptors (Lipinski definition) is 7. The molecule has 1 atom stereocenters. The topological polar surface area (TPSA) is 67.8 Å². The molecule has 0 bridgehead atoms. The van der Waals surface area contributed by atoms with Gasteiger partial charge in [0.25, 0.3) is 0 Å². The Balaban J connectivity index is 1.83. The van der Waals surface area contributed by atoms with Crippen molar-refractivity contribution in [3.8, 4) is 0 Å². The molecule has 0 aliphatic carbocycles. The summed E-state index contributed by atoms with van der Waals surface area (Å²) in [6.07, 6.45) is 1.67. The largest absolute Gasteiger partial charge is 0.301 e. The summed E-state index contributed by atoms with van der Waals surface area (Å²) in [5.74, 6) is -0.112. The molecule has 0 saturated carbocycles. The van der Waals surface area contributed by atoms with Gasteiger partial charge in [0.1, 0.15) is 10.3 Å². The van der Waals surface area contributed by atoms with Gasteiger partial charge in [-0.15, -0.1) is 21.5 Å². The molecule has 0 aliphatic heterocycles. The molecule has 3 aromatic rings. The maximum atomic E-state index is 12.6. The Morgan fingerprint density at radius 2 is 2.09 bits per heavy atom. The summed E-state index contributed by atoms with van der Waals surface area (Å²) in [5.41, 5.74) is 0.925. The fourth-order valence-corrected chi connectivity index (χ4v) is 4.32. The van der Waals surface area contributed by atoms with E-state index in [9.17, 15) is 4.79 Å². The van der Waals surface area contributed by atoms with Crippen LogP contribution in [0.25, 0.3) is 0 Å². The van der Waals surface area contributed by atoms with E-state index in [1.807, 2.05) is 42.6 Å². The van der Waals surface area contributed by atoms with E-state index < -0.39 is 5.25 Å². The molecule has 2 heterocycles. The summed E-state index contributed by atoms with van der Waals surface area (Å²) < 4.78 is 0.778. The Bertz CT molecular complexity index is 743. The highest BCUT2D eigenvalue weighted by Crippen LogP contribution is 2.37. The summed E-state index contributed by atoms with van der Waals surface area (Å²) in [4.78, 5) is 16.7. The molecular formula is C14H12N4OS3. The van der Waals surface area contributed by atoms with E-state index in [2.05, 4.69) is 20.5 Å². The number of amides is 1. The van der Waals surface area contributed by atoms with Crippen LogP contribution < -0.4 is 5.32 Å². The molecule has 112 valence electrons. The van der Waals surface area contributed by atoms with Gasteiger partial charge in [0, 0.05) is 11.6 Å². The van der Waals surface area contributed by atoms with Crippen LogP contribution in [0.15, 0.2) is 46.2 Å². The fraction of sp³-hybridized carbons (Fsp3) is 0.143. The standard InChI is InChI=1S/C14H12N4OS3/c1-9-17-18-14(21-9)22-11(10-5-3-2-4-6-10)12(19)16-13-15-7-8-20-13/h2-8,11H,1H3,(H,15,16,19)/t11-/m0/s1. The first-order valence-corrected chi connectivity index (χ1v) is 9.02. The highest BCUT2D eigenvalue weighted by molar-refractivity contribution is 8.01. The van der Waals surface area contributed by atoms with Gasteiger partial charge in [-0.3, -0.25) is 4.79 Å². The van der Waals surface area contributed by atoms with Crippen LogP contribution in [0.1, 0.15) is 15.8 Å². The van der Waals surface area contributed by atoms with Crippen molar-refractivity contribution in [3.63, 3.8) is 0 Å². The molecule has 0 saturated heterocycles. The van der Waals surface area contributed by atoms with Crippen molar-refractivity contribution in [3.05, 3.63) is 52.5 Å². The number of nitrogens with zero attached hydrogens (tertiary/aromatic N) is 3. The molecule has 0 unspecified atom stereocenters. The number of carbonyl (C=O) groups is 1. The molecule has 0 radical (unpaired) electrons. The molecule has 0 aliphatic rings. The Kier molecular flexibility index (Phi) is 4.81. The lowest BCUT2D eigenvalue weighted by atomic mass is 10.1. The third-order valence-corrected chi connectivity index (χ3v) is 5.59. The number of carbonyl (C=O) groups excluding carboxylic acids is 1. The van der Waals surface area contributed by atoms with Crippen LogP contribution in [0.4, 0.5) is 5.13 Å². The zero-order valence-electron chi connectivity index (χ0n) is 11.6. The molecule has 1 aromatic carbocycles. The lowest BCUT2D eigenvalue weighted by Crippen LogP contribution is -2.18. The number of thiazole rings is 1. The van der Waals surface area contributed by atoms with Gasteiger partial charge in [0.15, 0.2) is 9.47 Å². The van der Waals surface area contributed by atoms with Crippen LogP contribution in [0, 0.1) is 6.92 Å². The van der Waals surface area contributed by atoms with E-state index in [0.717, 1.165) is 14.9 Å². The lowest BCUT2D eigenvalue weighted by Gasteiger charge is -2.14. The second-order valence-electron chi connectivity index (χ2n) is 4.32. The monoisotopic (exact) mass is 348 g/mol. The van der Waals surface area contributed by atoms with Crippen LogP contribution in [0.3, 0.4) is 0 Å². The van der Waals surface area contributed by atoms with Gasteiger partial charge in [0.2, 0.25) is 5.91 Å². The van der Waals surface area contributed by atoms with E-state index in [1.165, 1.54) is 34.4 Å². The van der Waals surface area contributed by atoms with Crippen molar-refractivity contribution >= 4 is 45.5 Å². The fourth-order valence-electron chi connectivity index (χ4n) is 1.78. The molecule has 22 heavy (non-hydrogen) atoms. The second kappa shape index (κ2) is 6.99. The Morgan fingerprint density at radius 1 is 1.27 bits per heavy atom. The van der Waals surface area contributed by atoms with E-state index in [-0.39, 0.29) is 5.91 Å². The molecule has 0 spiro atoms. The van der Waals surface area contributed by atoms with E-state index >= 15 is 0 Å². The number of rotatable bonds is 5. The van der Waals surface area contributed by atoms with Crippen molar-refractivity contribution < 1.29 is 4.79 Å². The smallest absolute Gasteiger partial charge is 0.244 e. The van der Waals surface area contributed by atoms with Gasteiger partial charge in [-0.25, -0.2) is 4.98 Å². The van der Waals surface area contributed by atoms with Gasteiger partial charge in [0.05, 0.1) is 0 Å². The summed E-state index contributed by atoms with van der Waals surface area (Å²) in [7, 11) is 0. The van der Waals surface area contributed by atoms with Crippen LogP contribution in [-0.2, 0) is 4.79 Å². The minimum atomic E-state index is -0.391. The SMILES string of the molecule is Cc1nnc(S[C@H](C(=O)Nc2nccs2)c2ccccc2)s1. The minimum absolute atomic E-state index is 0.112. The van der Waals surface area contributed by atoms with Gasteiger partial charge in [-0.1, -0.05) is 53.4 Å². The normalized spacial score (nSPS) is 12.0. The molecule has 8 heteroatoms. The number of hydrogen-bond donors (Lipinski definition) is 1. The molecular weight excluding hydrogens is 336 g/mol. The average molecular weight is 348 g/mol. The highest BCUT2D eigenvalue weighted by Gasteiger charge is 2.24. The number of nitrogens with one attached hydrogen (secondary N) is 1. The first kappa shape index (κ1) is 15.1. The van der Waals surface area contributed by atoms with Crippen LogP contribution in [0.2, 0.25) is 0 Å². The Hall–Kier alpha value is -1.77. The summed E-state index contributed by atoms with van der Waals surface area (Å²) in [6, 6.07) is 9.65. The molecule has 3 rings (SSSR count). The van der Waals surface area contributed by atoms with Crippen molar-refractivity contribution in [2.24, 2.45) is 0 Å². The maximum absolute atomic E-state index is 12.6. The van der Waals surface area contributed by atoms with Crippen molar-refractivity contribution in [1.82, 2.24) is 15.2 Å². The van der Waals surface area contributed by atoms with Gasteiger partial charge >= 0.3 is 0 Å². The lowest BCUT2D eigenvalue weighted by molar-refractivity contribution is -0.115. The summed E-state index contributed by atoms with van der Waals surface area (Å²) in [6.45, 7) is 1.90. The number of aromatic nitrogens is 3. The maximum Gasteiger partial charge on any atom is 0.244 e. The van der Waals surface area contributed by atoms with Gasteiger partial charge < -0.3 is 5.32 Å². The first-order chi connectivity index (χ1) is 10.7. The van der Waals surface area contributed by atoms with Gasteiger partial charge in [-0.05, 0) is 12.5 Å². The number of benzene rings is 1. The summed E-state index contributed by atoms with van der Waals surface area (Å²) >= 11 is 4.28. The molecule has 0 fully saturated rings. The third kappa shape index (κ3) is 3.70. The highest BCUT2D eigenvalue weighted by atomic mass is 32.2. The summed E-state index contributed by atoms with van der Waals surface area (Å²) in [5, 5.41) is 13.9. The van der Waals surface area contributed by atoms with E-state index in [0.29, 0.717) is 5.13 Å². The Morgan fingerprint density at radius 3 is 2.73 bits per heavy atom. The van der Waals surface area contributed by atoms with E-state index in [1.54, 1.807) is 6.20 Å². The average Bonchev–Trinajstić information content (AvgIpc) is 3.17. The zero-order chi connectivity index (χ0) is 15.4. The van der Waals surface area contributed by atoms with Crippen LogP contribution in [0.5, 0.6) is 0 Å². The molecule has 5 nitrogen and oxygen atoms in total. The third-order valence-electron chi connectivity index (χ3n) is 2.73. The van der Waals surface area contributed by atoms with Crippen molar-refractivity contribution in [1.29, 1.82) is 0 Å². The molecule has 1 N–H and O–H groups in total. The number of aryl methyl sites for hydroxylation is 1. The Labute approximate surface area is 139 Å². The second-order valence-corrected chi connectivity index (χ2v) is 7.75.